The van der Waals surface area contributed by atoms with Crippen LogP contribution >= 0.6 is 0 Å². The van der Waals surface area contributed by atoms with Crippen molar-refractivity contribution in [3.63, 3.8) is 0 Å². The normalized spacial score (nSPS) is 14.3. The highest BCUT2D eigenvalue weighted by atomic mass is 16.2. The van der Waals surface area contributed by atoms with Gasteiger partial charge in [0.1, 0.15) is 0 Å². The number of amides is 2. The van der Waals surface area contributed by atoms with Gasteiger partial charge in [0.2, 0.25) is 0 Å². The highest BCUT2D eigenvalue weighted by molar-refractivity contribution is 5.76. The average molecular weight is 350 g/mol. The standard InChI is InChI=1S/C19H22N6O/c1-3-21-15(11-20-2)12-22-19(26)25-10-9-17-16(13-25)18(24-23-17)14-7-5-4-6-8-14/h3-8,11H,2,9-10,12-13H2,1H3,(H,22,26)(H,23,24)/b15-11-,21-3?. The number of hydrogen-bond acceptors (Lipinski definition) is 4. The third-order valence-electron chi connectivity index (χ3n) is 4.22. The summed E-state index contributed by atoms with van der Waals surface area (Å²) in [6.45, 7) is 6.72. The van der Waals surface area contributed by atoms with E-state index in [1.807, 2.05) is 37.3 Å². The van der Waals surface area contributed by atoms with E-state index in [4.69, 9.17) is 0 Å². The Balaban J connectivity index is 1.70. The van der Waals surface area contributed by atoms with E-state index in [1.54, 1.807) is 11.1 Å². The van der Waals surface area contributed by atoms with Gasteiger partial charge in [-0.25, -0.2) is 4.79 Å². The van der Waals surface area contributed by atoms with Crippen molar-refractivity contribution in [2.75, 3.05) is 13.1 Å². The van der Waals surface area contributed by atoms with E-state index < -0.39 is 0 Å². The fourth-order valence-corrected chi connectivity index (χ4v) is 2.98. The molecule has 0 fully saturated rings. The molecule has 0 aliphatic carbocycles. The van der Waals surface area contributed by atoms with Crippen LogP contribution < -0.4 is 5.32 Å². The summed E-state index contributed by atoms with van der Waals surface area (Å²) in [5.41, 5.74) is 4.78. The molecule has 0 radical (unpaired) electrons. The van der Waals surface area contributed by atoms with Gasteiger partial charge >= 0.3 is 6.03 Å². The Morgan fingerprint density at radius 3 is 2.96 bits per heavy atom. The molecule has 0 spiro atoms. The lowest BCUT2D eigenvalue weighted by Gasteiger charge is -2.27. The van der Waals surface area contributed by atoms with Crippen LogP contribution in [-0.4, -0.2) is 47.2 Å². The monoisotopic (exact) mass is 350 g/mol. The van der Waals surface area contributed by atoms with Crippen molar-refractivity contribution < 1.29 is 4.79 Å². The first-order valence-electron chi connectivity index (χ1n) is 8.50. The van der Waals surface area contributed by atoms with Crippen LogP contribution in [0.2, 0.25) is 0 Å². The van der Waals surface area contributed by atoms with Crippen LogP contribution in [0.15, 0.2) is 52.2 Å². The molecule has 0 saturated heterocycles. The van der Waals surface area contributed by atoms with Crippen LogP contribution in [0, 0.1) is 0 Å². The molecule has 0 unspecified atom stereocenters. The molecular formula is C19H22N6O. The largest absolute Gasteiger partial charge is 0.332 e. The van der Waals surface area contributed by atoms with Gasteiger partial charge in [-0.1, -0.05) is 30.3 Å². The van der Waals surface area contributed by atoms with Gasteiger partial charge in [-0.3, -0.25) is 15.1 Å². The summed E-state index contributed by atoms with van der Waals surface area (Å²) in [5.74, 6) is 0. The number of aromatic amines is 1. The molecule has 2 aromatic rings. The third-order valence-corrected chi connectivity index (χ3v) is 4.22. The number of carbonyl (C=O) groups excluding carboxylic acids is 1. The lowest BCUT2D eigenvalue weighted by Crippen LogP contribution is -2.43. The molecule has 0 saturated carbocycles. The number of aromatic nitrogens is 2. The Morgan fingerprint density at radius 1 is 1.42 bits per heavy atom. The summed E-state index contributed by atoms with van der Waals surface area (Å²) in [6.07, 6.45) is 3.96. The van der Waals surface area contributed by atoms with E-state index in [-0.39, 0.29) is 6.03 Å². The summed E-state index contributed by atoms with van der Waals surface area (Å²) in [6, 6.07) is 9.87. The van der Waals surface area contributed by atoms with E-state index in [9.17, 15) is 4.79 Å². The fourth-order valence-electron chi connectivity index (χ4n) is 2.98. The second-order valence-corrected chi connectivity index (χ2v) is 5.92. The van der Waals surface area contributed by atoms with Crippen LogP contribution in [-0.2, 0) is 13.0 Å². The second kappa shape index (κ2) is 8.24. The number of benzene rings is 1. The number of rotatable bonds is 5. The van der Waals surface area contributed by atoms with Crippen molar-refractivity contribution in [1.82, 2.24) is 20.4 Å². The smallest absolute Gasteiger partial charge is 0.318 e. The Kier molecular flexibility index (Phi) is 5.58. The van der Waals surface area contributed by atoms with Gasteiger partial charge in [0.15, 0.2) is 0 Å². The van der Waals surface area contributed by atoms with Gasteiger partial charge in [-0.05, 0) is 13.6 Å². The first-order valence-corrected chi connectivity index (χ1v) is 8.50. The Morgan fingerprint density at radius 2 is 2.23 bits per heavy atom. The zero-order chi connectivity index (χ0) is 18.4. The number of nitrogens with one attached hydrogen (secondary N) is 2. The third kappa shape index (κ3) is 3.88. The van der Waals surface area contributed by atoms with Crippen molar-refractivity contribution in [1.29, 1.82) is 0 Å². The minimum absolute atomic E-state index is 0.128. The number of H-pyrrole nitrogens is 1. The topological polar surface area (TPSA) is 85.7 Å². The number of aliphatic imine (C=N–C) groups is 2. The van der Waals surface area contributed by atoms with Crippen LogP contribution in [0.25, 0.3) is 11.3 Å². The van der Waals surface area contributed by atoms with Crippen LogP contribution in [0.5, 0.6) is 0 Å². The zero-order valence-corrected chi connectivity index (χ0v) is 14.8. The highest BCUT2D eigenvalue weighted by Crippen LogP contribution is 2.28. The molecule has 2 N–H and O–H groups in total. The first-order chi connectivity index (χ1) is 12.7. The zero-order valence-electron chi connectivity index (χ0n) is 14.8. The Bertz CT molecular complexity index is 837. The van der Waals surface area contributed by atoms with Crippen molar-refractivity contribution in [3.05, 3.63) is 53.5 Å². The van der Waals surface area contributed by atoms with Gasteiger partial charge in [0.25, 0.3) is 0 Å². The maximum absolute atomic E-state index is 12.5. The summed E-state index contributed by atoms with van der Waals surface area (Å²) in [4.78, 5) is 22.2. The molecule has 2 heterocycles. The number of nitrogens with zero attached hydrogens (tertiary/aromatic N) is 4. The molecular weight excluding hydrogens is 328 g/mol. The van der Waals surface area contributed by atoms with E-state index in [2.05, 4.69) is 32.2 Å². The molecule has 0 atom stereocenters. The van der Waals surface area contributed by atoms with Gasteiger partial charge in [-0.15, -0.1) is 0 Å². The molecule has 1 aromatic heterocycles. The van der Waals surface area contributed by atoms with Crippen LogP contribution in [0.4, 0.5) is 4.79 Å². The number of hydrogen-bond donors (Lipinski definition) is 2. The summed E-state index contributed by atoms with van der Waals surface area (Å²) < 4.78 is 0. The number of fused-ring (bicyclic) bond motifs is 1. The van der Waals surface area contributed by atoms with Crippen molar-refractivity contribution in [2.45, 2.75) is 19.9 Å². The predicted molar refractivity (Wildman–Crippen MR) is 103 cm³/mol. The number of urea groups is 1. The lowest BCUT2D eigenvalue weighted by molar-refractivity contribution is 0.193. The van der Waals surface area contributed by atoms with Crippen LogP contribution in [0.3, 0.4) is 0 Å². The Labute approximate surface area is 152 Å². The van der Waals surface area contributed by atoms with E-state index in [0.29, 0.717) is 25.3 Å². The van der Waals surface area contributed by atoms with E-state index in [1.165, 1.54) is 6.20 Å². The SMILES string of the molecule is C=N/C=C(/CNC(=O)N1CCc2[nH]nc(-c3ccccc3)c2C1)N=CC. The molecule has 1 aliphatic rings. The maximum Gasteiger partial charge on any atom is 0.318 e. The quantitative estimate of drug-likeness (QED) is 0.813. The second-order valence-electron chi connectivity index (χ2n) is 5.92. The minimum atomic E-state index is -0.128. The van der Waals surface area contributed by atoms with Gasteiger partial charge < -0.3 is 10.2 Å². The molecule has 1 aromatic carbocycles. The maximum atomic E-state index is 12.5. The summed E-state index contributed by atoms with van der Waals surface area (Å²) in [5, 5.41) is 10.5. The van der Waals surface area contributed by atoms with Crippen molar-refractivity contribution in [2.24, 2.45) is 9.98 Å². The minimum Gasteiger partial charge on any atom is -0.332 e. The molecule has 3 rings (SSSR count). The molecule has 26 heavy (non-hydrogen) atoms. The Hall–Kier alpha value is -3.22. The van der Waals surface area contributed by atoms with Crippen LogP contribution in [0.1, 0.15) is 18.2 Å². The van der Waals surface area contributed by atoms with E-state index in [0.717, 1.165) is 28.9 Å². The summed E-state index contributed by atoms with van der Waals surface area (Å²) >= 11 is 0. The van der Waals surface area contributed by atoms with Gasteiger partial charge in [0.05, 0.1) is 24.5 Å². The van der Waals surface area contributed by atoms with Crippen molar-refractivity contribution in [3.8, 4) is 11.3 Å². The van der Waals surface area contributed by atoms with Gasteiger partial charge in [-0.2, -0.15) is 5.10 Å². The summed E-state index contributed by atoms with van der Waals surface area (Å²) in [7, 11) is 0. The van der Waals surface area contributed by atoms with E-state index >= 15 is 0 Å². The molecule has 7 heteroatoms. The molecule has 1 aliphatic heterocycles. The highest BCUT2D eigenvalue weighted by Gasteiger charge is 2.25. The first kappa shape index (κ1) is 17.6. The molecule has 2 amide bonds. The molecule has 0 bridgehead atoms. The lowest BCUT2D eigenvalue weighted by atomic mass is 10.0. The van der Waals surface area contributed by atoms with Crippen molar-refractivity contribution >= 4 is 19.0 Å². The average Bonchev–Trinajstić information content (AvgIpc) is 3.10. The molecule has 7 nitrogen and oxygen atoms in total. The predicted octanol–water partition coefficient (Wildman–Crippen LogP) is 2.78. The van der Waals surface area contributed by atoms with Gasteiger partial charge in [0, 0.05) is 42.2 Å². The number of carbonyl (C=O) groups is 1. The fraction of sp³-hybridized carbons (Fsp3) is 0.263. The molecule has 134 valence electrons.